The summed E-state index contributed by atoms with van der Waals surface area (Å²) in [6.07, 6.45) is 0. The van der Waals surface area contributed by atoms with Crippen molar-refractivity contribution in [1.82, 2.24) is 0 Å². The standard InChI is InChI=1S/C15H16ClNO/c1-17(13-6-4-3-5-7-13)15(16)12-8-10-14(18-2)11-9-12/h3-11,15H,1-2H3. The molecule has 0 bridgehead atoms. The number of alkyl halides is 1. The zero-order valence-electron chi connectivity index (χ0n) is 10.5. The van der Waals surface area contributed by atoms with Gasteiger partial charge >= 0.3 is 0 Å². The van der Waals surface area contributed by atoms with E-state index in [1.165, 1.54) is 0 Å². The molecule has 1 unspecified atom stereocenters. The third kappa shape index (κ3) is 2.77. The van der Waals surface area contributed by atoms with E-state index in [0.29, 0.717) is 0 Å². The fourth-order valence-electron chi connectivity index (χ4n) is 1.78. The van der Waals surface area contributed by atoms with Crippen molar-refractivity contribution in [3.05, 3.63) is 60.2 Å². The lowest BCUT2D eigenvalue weighted by Gasteiger charge is -2.25. The second-order valence-electron chi connectivity index (χ2n) is 4.06. The van der Waals surface area contributed by atoms with Gasteiger partial charge in [0.25, 0.3) is 0 Å². The maximum Gasteiger partial charge on any atom is 0.129 e. The summed E-state index contributed by atoms with van der Waals surface area (Å²) in [6, 6.07) is 17.9. The molecule has 0 radical (unpaired) electrons. The van der Waals surface area contributed by atoms with Gasteiger partial charge in [-0.3, -0.25) is 0 Å². The van der Waals surface area contributed by atoms with Gasteiger partial charge in [0.1, 0.15) is 11.3 Å². The minimum absolute atomic E-state index is 0.196. The predicted molar refractivity (Wildman–Crippen MR) is 76.4 cm³/mol. The molecule has 0 heterocycles. The number of nitrogens with zero attached hydrogens (tertiary/aromatic N) is 1. The Labute approximate surface area is 113 Å². The fraction of sp³-hybridized carbons (Fsp3) is 0.200. The molecule has 94 valence electrons. The third-order valence-corrected chi connectivity index (χ3v) is 3.44. The van der Waals surface area contributed by atoms with Crippen molar-refractivity contribution in [3.8, 4) is 5.75 Å². The first-order valence-electron chi connectivity index (χ1n) is 5.78. The van der Waals surface area contributed by atoms with Gasteiger partial charge in [-0.05, 0) is 29.8 Å². The van der Waals surface area contributed by atoms with Gasteiger partial charge in [0.2, 0.25) is 0 Å². The highest BCUT2D eigenvalue weighted by molar-refractivity contribution is 6.22. The average molecular weight is 262 g/mol. The Morgan fingerprint density at radius 3 is 2.17 bits per heavy atom. The van der Waals surface area contributed by atoms with E-state index in [2.05, 4.69) is 0 Å². The number of ether oxygens (including phenoxy) is 1. The van der Waals surface area contributed by atoms with Crippen molar-refractivity contribution in [3.63, 3.8) is 0 Å². The van der Waals surface area contributed by atoms with Crippen molar-refractivity contribution in [2.24, 2.45) is 0 Å². The van der Waals surface area contributed by atoms with Crippen LogP contribution in [-0.4, -0.2) is 14.2 Å². The molecule has 2 rings (SSSR count). The number of hydrogen-bond donors (Lipinski definition) is 0. The Morgan fingerprint density at radius 2 is 1.61 bits per heavy atom. The van der Waals surface area contributed by atoms with Crippen LogP contribution in [0.3, 0.4) is 0 Å². The maximum atomic E-state index is 6.47. The second-order valence-corrected chi connectivity index (χ2v) is 4.47. The molecule has 2 aromatic carbocycles. The summed E-state index contributed by atoms with van der Waals surface area (Å²) < 4.78 is 5.14. The van der Waals surface area contributed by atoms with Gasteiger partial charge < -0.3 is 9.64 Å². The molecule has 0 saturated carbocycles. The molecule has 0 spiro atoms. The Morgan fingerprint density at radius 1 is 1.00 bits per heavy atom. The lowest BCUT2D eigenvalue weighted by atomic mass is 10.2. The largest absolute Gasteiger partial charge is 0.497 e. The molecule has 0 aliphatic rings. The molecule has 3 heteroatoms. The molecule has 2 nitrogen and oxygen atoms in total. The molecule has 0 N–H and O–H groups in total. The van der Waals surface area contributed by atoms with Gasteiger partial charge in [0, 0.05) is 12.7 Å². The van der Waals surface area contributed by atoms with Gasteiger partial charge in [0.05, 0.1) is 7.11 Å². The molecule has 0 amide bonds. The maximum absolute atomic E-state index is 6.47. The Balaban J connectivity index is 2.17. The molecular weight excluding hydrogens is 246 g/mol. The summed E-state index contributed by atoms with van der Waals surface area (Å²) in [4.78, 5) is 2.03. The number of anilines is 1. The van der Waals surface area contributed by atoms with Crippen LogP contribution in [0.5, 0.6) is 5.75 Å². The van der Waals surface area contributed by atoms with Crippen LogP contribution in [0, 0.1) is 0 Å². The molecule has 0 saturated heterocycles. The zero-order chi connectivity index (χ0) is 13.0. The van der Waals surface area contributed by atoms with E-state index in [1.54, 1.807) is 7.11 Å². The molecule has 1 atom stereocenters. The van der Waals surface area contributed by atoms with Crippen LogP contribution in [0.4, 0.5) is 5.69 Å². The molecule has 0 aliphatic heterocycles. The number of benzene rings is 2. The first-order valence-corrected chi connectivity index (χ1v) is 6.22. The van der Waals surface area contributed by atoms with Crippen LogP contribution >= 0.6 is 11.6 Å². The van der Waals surface area contributed by atoms with Crippen LogP contribution in [0.15, 0.2) is 54.6 Å². The van der Waals surface area contributed by atoms with Crippen molar-refractivity contribution in [1.29, 1.82) is 0 Å². The average Bonchev–Trinajstić information content (AvgIpc) is 2.47. The SMILES string of the molecule is COc1ccc(C(Cl)N(C)c2ccccc2)cc1. The first-order chi connectivity index (χ1) is 8.72. The highest BCUT2D eigenvalue weighted by Gasteiger charge is 2.14. The number of hydrogen-bond acceptors (Lipinski definition) is 2. The van der Waals surface area contributed by atoms with Crippen molar-refractivity contribution in [2.75, 3.05) is 19.1 Å². The van der Waals surface area contributed by atoms with Crippen molar-refractivity contribution in [2.45, 2.75) is 5.50 Å². The number of halogens is 1. The summed E-state index contributed by atoms with van der Waals surface area (Å²) in [5.74, 6) is 0.838. The monoisotopic (exact) mass is 261 g/mol. The third-order valence-electron chi connectivity index (χ3n) is 2.89. The number of rotatable bonds is 4. The van der Waals surface area contributed by atoms with Gasteiger partial charge in [-0.25, -0.2) is 0 Å². The molecule has 18 heavy (non-hydrogen) atoms. The van der Waals surface area contributed by atoms with Gasteiger partial charge in [-0.2, -0.15) is 0 Å². The smallest absolute Gasteiger partial charge is 0.129 e. The Kier molecular flexibility index (Phi) is 4.11. The first kappa shape index (κ1) is 12.8. The van der Waals surface area contributed by atoms with Gasteiger partial charge in [0.15, 0.2) is 0 Å². The summed E-state index contributed by atoms with van der Waals surface area (Å²) in [7, 11) is 3.64. The van der Waals surface area contributed by atoms with E-state index in [0.717, 1.165) is 17.0 Å². The van der Waals surface area contributed by atoms with Gasteiger partial charge in [-0.1, -0.05) is 41.9 Å². The summed E-state index contributed by atoms with van der Waals surface area (Å²) >= 11 is 6.47. The van der Waals surface area contributed by atoms with Crippen LogP contribution in [0.25, 0.3) is 0 Å². The van der Waals surface area contributed by atoms with Crippen LogP contribution in [-0.2, 0) is 0 Å². The van der Waals surface area contributed by atoms with Crippen LogP contribution in [0.2, 0.25) is 0 Å². The fourth-order valence-corrected chi connectivity index (χ4v) is 2.04. The number of para-hydroxylation sites is 1. The van der Waals surface area contributed by atoms with E-state index in [9.17, 15) is 0 Å². The highest BCUT2D eigenvalue weighted by atomic mass is 35.5. The van der Waals surface area contributed by atoms with E-state index >= 15 is 0 Å². The quantitative estimate of drug-likeness (QED) is 0.608. The molecule has 0 aliphatic carbocycles. The molecular formula is C15H16ClNO. The topological polar surface area (TPSA) is 12.5 Å². The van der Waals surface area contributed by atoms with E-state index in [-0.39, 0.29) is 5.50 Å². The van der Waals surface area contributed by atoms with E-state index in [4.69, 9.17) is 16.3 Å². The lowest BCUT2D eigenvalue weighted by molar-refractivity contribution is 0.414. The van der Waals surface area contributed by atoms with Gasteiger partial charge in [-0.15, -0.1) is 0 Å². The van der Waals surface area contributed by atoms with Crippen LogP contribution < -0.4 is 9.64 Å². The molecule has 0 fully saturated rings. The lowest BCUT2D eigenvalue weighted by Crippen LogP contribution is -2.19. The summed E-state index contributed by atoms with van der Waals surface area (Å²) in [5.41, 5.74) is 1.94. The zero-order valence-corrected chi connectivity index (χ0v) is 11.3. The number of methoxy groups -OCH3 is 1. The second kappa shape index (κ2) is 5.78. The highest BCUT2D eigenvalue weighted by Crippen LogP contribution is 2.29. The predicted octanol–water partition coefficient (Wildman–Crippen LogP) is 4.07. The molecule has 2 aromatic rings. The summed E-state index contributed by atoms with van der Waals surface area (Å²) in [5, 5.41) is 0. The van der Waals surface area contributed by atoms with Crippen molar-refractivity contribution >= 4 is 17.3 Å². The normalized spacial score (nSPS) is 11.9. The van der Waals surface area contributed by atoms with E-state index in [1.807, 2.05) is 66.5 Å². The Hall–Kier alpha value is -1.67. The van der Waals surface area contributed by atoms with E-state index < -0.39 is 0 Å². The minimum atomic E-state index is -0.196. The summed E-state index contributed by atoms with van der Waals surface area (Å²) in [6.45, 7) is 0. The Bertz CT molecular complexity index is 484. The van der Waals surface area contributed by atoms with Crippen molar-refractivity contribution < 1.29 is 4.74 Å². The minimum Gasteiger partial charge on any atom is -0.497 e. The van der Waals surface area contributed by atoms with Crippen LogP contribution in [0.1, 0.15) is 11.1 Å². The molecule has 0 aromatic heterocycles.